The second-order valence-corrected chi connectivity index (χ2v) is 5.86. The Bertz CT molecular complexity index is 833. The lowest BCUT2D eigenvalue weighted by molar-refractivity contribution is -0.142. The average Bonchev–Trinajstić information content (AvgIpc) is 2.57. The van der Waals surface area contributed by atoms with Gasteiger partial charge in [-0.2, -0.15) is 22.0 Å². The van der Waals surface area contributed by atoms with E-state index < -0.39 is 66.4 Å². The van der Waals surface area contributed by atoms with Gasteiger partial charge in [0.05, 0.1) is 12.1 Å². The van der Waals surface area contributed by atoms with Crippen molar-refractivity contribution in [2.75, 3.05) is 13.1 Å². The molecule has 7 nitrogen and oxygen atoms in total. The van der Waals surface area contributed by atoms with Gasteiger partial charge < -0.3 is 20.4 Å². The summed E-state index contributed by atoms with van der Waals surface area (Å²) < 4.78 is 65.7. The summed E-state index contributed by atoms with van der Waals surface area (Å²) in [6.07, 6.45) is -4.60. The second-order valence-electron chi connectivity index (χ2n) is 5.86. The van der Waals surface area contributed by atoms with Crippen molar-refractivity contribution in [1.29, 1.82) is 0 Å². The Morgan fingerprint density at radius 3 is 2.25 bits per heavy atom. The van der Waals surface area contributed by atoms with E-state index in [1.807, 2.05) is 0 Å². The van der Waals surface area contributed by atoms with E-state index in [4.69, 9.17) is 5.11 Å². The molecule has 12 heteroatoms. The van der Waals surface area contributed by atoms with Gasteiger partial charge in [0.1, 0.15) is 12.1 Å². The Kier molecular flexibility index (Phi) is 5.62. The summed E-state index contributed by atoms with van der Waals surface area (Å²) in [5.41, 5.74) is -2.23. The van der Waals surface area contributed by atoms with E-state index in [9.17, 15) is 41.4 Å². The summed E-state index contributed by atoms with van der Waals surface area (Å²) in [5.74, 6) is -10.1. The minimum atomic E-state index is -4.60. The fraction of sp³-hybridized carbons (Fsp3) is 0.312. The zero-order valence-electron chi connectivity index (χ0n) is 13.9. The largest absolute Gasteiger partial charge is 0.506 e. The van der Waals surface area contributed by atoms with Crippen LogP contribution in [-0.4, -0.2) is 51.9 Å². The van der Waals surface area contributed by atoms with Crippen molar-refractivity contribution in [3.63, 3.8) is 0 Å². The molecule has 152 valence electrons. The Morgan fingerprint density at radius 1 is 1.18 bits per heavy atom. The molecule has 0 aliphatic carbocycles. The molecule has 1 aliphatic heterocycles. The first-order valence-electron chi connectivity index (χ1n) is 7.60. The molecule has 3 N–H and O–H groups in total. The van der Waals surface area contributed by atoms with Crippen molar-refractivity contribution in [3.8, 4) is 0 Å². The number of alkyl halides is 5. The summed E-state index contributed by atoms with van der Waals surface area (Å²) in [4.78, 5) is 35.1. The number of nitrogens with one attached hydrogen (secondary N) is 1. The van der Waals surface area contributed by atoms with Gasteiger partial charge in [-0.15, -0.1) is 0 Å². The molecule has 0 aromatic heterocycles. The molecule has 0 saturated carbocycles. The highest BCUT2D eigenvalue weighted by atomic mass is 19.4. The van der Waals surface area contributed by atoms with Gasteiger partial charge in [-0.3, -0.25) is 14.4 Å². The van der Waals surface area contributed by atoms with Crippen LogP contribution in [0.2, 0.25) is 0 Å². The maximum atomic E-state index is 14.0. The maximum Gasteiger partial charge on any atom is 0.416 e. The highest BCUT2D eigenvalue weighted by Gasteiger charge is 2.48. The quantitative estimate of drug-likeness (QED) is 0.508. The van der Waals surface area contributed by atoms with Crippen molar-refractivity contribution >= 4 is 17.8 Å². The minimum Gasteiger partial charge on any atom is -0.506 e. The number of hydrogen-bond donors (Lipinski definition) is 3. The predicted octanol–water partition coefficient (Wildman–Crippen LogP) is 1.70. The molecular weight excluding hydrogens is 395 g/mol. The molecule has 2 amide bonds. The lowest BCUT2D eigenvalue weighted by Gasteiger charge is -2.33. The van der Waals surface area contributed by atoms with Crippen molar-refractivity contribution in [3.05, 3.63) is 46.7 Å². The third-order valence-corrected chi connectivity index (χ3v) is 3.76. The number of rotatable bonds is 5. The Morgan fingerprint density at radius 2 is 1.75 bits per heavy atom. The van der Waals surface area contributed by atoms with Crippen molar-refractivity contribution in [2.24, 2.45) is 0 Å². The van der Waals surface area contributed by atoms with Crippen LogP contribution in [-0.2, 0) is 27.1 Å². The number of carbonyl (C=O) groups is 3. The third kappa shape index (κ3) is 4.56. The van der Waals surface area contributed by atoms with Gasteiger partial charge in [0.2, 0.25) is 0 Å². The van der Waals surface area contributed by atoms with Gasteiger partial charge >= 0.3 is 18.1 Å². The smallest absolute Gasteiger partial charge is 0.416 e. The molecule has 0 saturated heterocycles. The zero-order chi connectivity index (χ0) is 21.3. The molecule has 0 radical (unpaired) electrons. The van der Waals surface area contributed by atoms with Crippen LogP contribution in [0, 0.1) is 0 Å². The fourth-order valence-electron chi connectivity index (χ4n) is 2.42. The van der Waals surface area contributed by atoms with Crippen LogP contribution in [0.1, 0.15) is 11.1 Å². The van der Waals surface area contributed by atoms with E-state index in [1.54, 1.807) is 5.32 Å². The number of benzene rings is 1. The number of aliphatic hydroxyl groups excluding tert-OH is 1. The van der Waals surface area contributed by atoms with Crippen LogP contribution in [0.25, 0.3) is 0 Å². The fourth-order valence-corrected chi connectivity index (χ4v) is 2.42. The Labute approximate surface area is 154 Å². The molecule has 1 aromatic carbocycles. The zero-order valence-corrected chi connectivity index (χ0v) is 13.9. The average molecular weight is 408 g/mol. The molecule has 2 rings (SSSR count). The molecule has 1 aliphatic rings. The number of carboxylic acids is 1. The van der Waals surface area contributed by atoms with Crippen LogP contribution < -0.4 is 5.32 Å². The van der Waals surface area contributed by atoms with E-state index in [2.05, 4.69) is 0 Å². The number of halogens is 5. The number of aliphatic hydroxyl groups is 1. The number of hydrogen-bond acceptors (Lipinski definition) is 4. The van der Waals surface area contributed by atoms with Gasteiger partial charge in [-0.1, -0.05) is 12.1 Å². The molecule has 0 bridgehead atoms. The van der Waals surface area contributed by atoms with Crippen LogP contribution in [0.3, 0.4) is 0 Å². The summed E-state index contributed by atoms with van der Waals surface area (Å²) >= 11 is 0. The molecule has 0 spiro atoms. The van der Waals surface area contributed by atoms with E-state index in [0.29, 0.717) is 17.0 Å². The molecule has 0 fully saturated rings. The van der Waals surface area contributed by atoms with E-state index >= 15 is 0 Å². The predicted molar refractivity (Wildman–Crippen MR) is 82.1 cm³/mol. The summed E-state index contributed by atoms with van der Waals surface area (Å²) in [7, 11) is 0. The van der Waals surface area contributed by atoms with Crippen LogP contribution >= 0.6 is 0 Å². The molecule has 1 heterocycles. The number of nitrogens with zero attached hydrogens (tertiary/aromatic N) is 1. The Hall–Kier alpha value is -3.18. The van der Waals surface area contributed by atoms with E-state index in [-0.39, 0.29) is 5.56 Å². The van der Waals surface area contributed by atoms with Gasteiger partial charge in [-0.25, -0.2) is 0 Å². The number of aliphatic carboxylic acids is 1. The molecule has 1 aromatic rings. The minimum absolute atomic E-state index is 0.0730. The number of carboxylic acid groups (broad SMARTS) is 1. The van der Waals surface area contributed by atoms with Crippen molar-refractivity contribution in [2.45, 2.75) is 18.6 Å². The third-order valence-electron chi connectivity index (χ3n) is 3.76. The van der Waals surface area contributed by atoms with Crippen LogP contribution in [0.4, 0.5) is 22.0 Å². The summed E-state index contributed by atoms with van der Waals surface area (Å²) in [6, 6.07) is 3.37. The number of carbonyl (C=O) groups excluding carboxylic acids is 2. The summed E-state index contributed by atoms with van der Waals surface area (Å²) in [5, 5.41) is 19.8. The molecule has 0 atom stereocenters. The van der Waals surface area contributed by atoms with Gasteiger partial charge in [0.15, 0.2) is 5.76 Å². The normalized spacial score (nSPS) is 16.9. The van der Waals surface area contributed by atoms with Crippen molar-refractivity contribution in [1.82, 2.24) is 10.2 Å². The molecule has 0 unspecified atom stereocenters. The highest BCUT2D eigenvalue weighted by Crippen LogP contribution is 2.33. The first-order valence-corrected chi connectivity index (χ1v) is 7.60. The highest BCUT2D eigenvalue weighted by molar-refractivity contribution is 6.19. The van der Waals surface area contributed by atoms with Gasteiger partial charge in [0, 0.05) is 6.54 Å². The first-order chi connectivity index (χ1) is 12.8. The van der Waals surface area contributed by atoms with Gasteiger partial charge in [-0.05, 0) is 17.7 Å². The van der Waals surface area contributed by atoms with Crippen LogP contribution in [0.5, 0.6) is 0 Å². The second kappa shape index (κ2) is 7.44. The number of amides is 2. The monoisotopic (exact) mass is 408 g/mol. The standard InChI is InChI=1S/C16H13F5N2O5/c17-15(18)7-23(6-8-1-3-9(4-2-8)16(19,20)21)14(28)11(12(15)26)13(27)22-5-10(24)25/h1-4,26H,5-7H2,(H,22,27)(H,24,25). The summed E-state index contributed by atoms with van der Waals surface area (Å²) in [6.45, 7) is -2.85. The van der Waals surface area contributed by atoms with E-state index in [0.717, 1.165) is 12.1 Å². The SMILES string of the molecule is O=C(O)CNC(=O)C1=C(O)C(F)(F)CN(Cc2ccc(C(F)(F)F)cc2)C1=O. The maximum absolute atomic E-state index is 14.0. The Balaban J connectivity index is 2.26. The molecular formula is C16H13F5N2O5. The van der Waals surface area contributed by atoms with Gasteiger partial charge in [0.25, 0.3) is 11.8 Å². The first kappa shape index (κ1) is 21.1. The van der Waals surface area contributed by atoms with Crippen LogP contribution in [0.15, 0.2) is 35.6 Å². The lowest BCUT2D eigenvalue weighted by atomic mass is 10.0. The molecule has 28 heavy (non-hydrogen) atoms. The topological polar surface area (TPSA) is 107 Å². The van der Waals surface area contributed by atoms with Crippen molar-refractivity contribution < 1.29 is 46.5 Å². The lowest BCUT2D eigenvalue weighted by Crippen LogP contribution is -2.51. The van der Waals surface area contributed by atoms with E-state index in [1.165, 1.54) is 0 Å².